The Labute approximate surface area is 349 Å². The van der Waals surface area contributed by atoms with Gasteiger partial charge in [0, 0.05) is 90.4 Å². The molecule has 0 atom stereocenters. The van der Waals surface area contributed by atoms with Crippen molar-refractivity contribution in [2.24, 2.45) is 0 Å². The number of rotatable bonds is 14. The van der Waals surface area contributed by atoms with Crippen LogP contribution in [-0.2, 0) is 10.3 Å². The highest BCUT2D eigenvalue weighted by Gasteiger charge is 2.53. The summed E-state index contributed by atoms with van der Waals surface area (Å²) >= 11 is 5.65. The normalized spacial score (nSPS) is 13.3. The molecular weight excluding hydrogens is 763 g/mol. The van der Waals surface area contributed by atoms with Gasteiger partial charge in [-0.3, -0.25) is 9.38 Å². The number of carbonyl (C=O) groups is 1. The van der Waals surface area contributed by atoms with E-state index in [0.717, 1.165) is 84.1 Å². The first-order chi connectivity index (χ1) is 28.7. The van der Waals surface area contributed by atoms with E-state index in [-0.39, 0.29) is 5.88 Å². The molecule has 0 bridgehead atoms. The number of benzene rings is 4. The van der Waals surface area contributed by atoms with E-state index in [0.29, 0.717) is 52.4 Å². The van der Waals surface area contributed by atoms with Gasteiger partial charge in [0.2, 0.25) is 5.88 Å². The van der Waals surface area contributed by atoms with Gasteiger partial charge < -0.3 is 39.8 Å². The number of aromatic nitrogens is 3. The van der Waals surface area contributed by atoms with E-state index < -0.39 is 11.6 Å². The average Bonchev–Trinajstić information content (AvgIpc) is 3.70. The maximum absolute atomic E-state index is 13.9. The molecule has 0 unspecified atom stereocenters. The Hall–Kier alpha value is -6.34. The minimum absolute atomic E-state index is 0.112. The minimum Gasteiger partial charge on any atom is -0.494 e. The van der Waals surface area contributed by atoms with Crippen LogP contribution in [0.2, 0.25) is 0 Å². The van der Waals surface area contributed by atoms with E-state index in [2.05, 4.69) is 82.4 Å². The minimum atomic E-state index is -1.17. The number of nitrogens with one attached hydrogen (secondary N) is 2. The van der Waals surface area contributed by atoms with Crippen LogP contribution in [0.3, 0.4) is 0 Å². The lowest BCUT2D eigenvalue weighted by Gasteiger charge is -2.38. The van der Waals surface area contributed by atoms with Crippen LogP contribution in [0.5, 0.6) is 23.1 Å². The van der Waals surface area contributed by atoms with Crippen molar-refractivity contribution in [3.63, 3.8) is 0 Å². The quantitative estimate of drug-likeness (QED) is 0.0553. The molecule has 2 aliphatic heterocycles. The van der Waals surface area contributed by atoms with Crippen LogP contribution in [0, 0.1) is 6.92 Å². The molecule has 2 aromatic heterocycles. The van der Waals surface area contributed by atoms with Crippen molar-refractivity contribution in [1.82, 2.24) is 19.7 Å². The zero-order valence-corrected chi connectivity index (χ0v) is 34.9. The molecule has 4 aromatic carbocycles. The number of hydrogen-bond acceptors (Lipinski definition) is 10. The van der Waals surface area contributed by atoms with Crippen LogP contribution in [0.25, 0.3) is 16.9 Å². The number of aromatic hydroxyl groups is 1. The largest absolute Gasteiger partial charge is 0.494 e. The Morgan fingerprint density at radius 1 is 0.864 bits per heavy atom. The SMILES string of the molecule is CCN(CC)c1ccc2c(c1)Oc1cc(N(CC)CC)ccc1C21OC(=O)c2cc(NC(=S)NCCCCOc3ccc(-c4cn5c(O)c(C)nc5cn4)cc3)ccc21. The second-order valence-corrected chi connectivity index (χ2v) is 15.0. The van der Waals surface area contributed by atoms with Crippen molar-refractivity contribution in [3.8, 4) is 34.4 Å². The second kappa shape index (κ2) is 16.5. The van der Waals surface area contributed by atoms with E-state index in [4.69, 9.17) is 26.4 Å². The first-order valence-corrected chi connectivity index (χ1v) is 20.7. The van der Waals surface area contributed by atoms with Gasteiger partial charge in [0.15, 0.2) is 16.4 Å². The molecule has 0 saturated carbocycles. The predicted octanol–water partition coefficient (Wildman–Crippen LogP) is 8.82. The number of nitrogens with zero attached hydrogens (tertiary/aromatic N) is 5. The van der Waals surface area contributed by atoms with E-state index in [1.807, 2.05) is 54.6 Å². The van der Waals surface area contributed by atoms with Crippen molar-refractivity contribution < 1.29 is 24.1 Å². The molecule has 8 rings (SSSR count). The molecule has 1 spiro atoms. The first kappa shape index (κ1) is 39.5. The molecule has 12 nitrogen and oxygen atoms in total. The fourth-order valence-corrected chi connectivity index (χ4v) is 8.30. The summed E-state index contributed by atoms with van der Waals surface area (Å²) < 4.78 is 20.8. The standard InChI is InChI=1S/C46H49N7O5S/c1-6-51(7-2)32-15-20-37-40(25-32)57-41-26-33(52(8-3)9-4)16-21-38(41)46(37)36-19-14-31(24-35(36)44(55)58-46)50-45(59)47-22-10-11-23-56-34-17-12-30(13-18-34)39-28-53-42(27-48-39)49-29(5)43(53)54/h12-21,24-28,54H,6-11,22-23H2,1-5H3,(H2,47,50,59). The van der Waals surface area contributed by atoms with Gasteiger partial charge in [0.25, 0.3) is 0 Å². The van der Waals surface area contributed by atoms with Crippen LogP contribution < -0.4 is 29.9 Å². The van der Waals surface area contributed by atoms with Gasteiger partial charge in [-0.25, -0.2) is 9.78 Å². The Balaban J connectivity index is 0.908. The van der Waals surface area contributed by atoms with Crippen LogP contribution in [0.4, 0.5) is 17.1 Å². The third-order valence-corrected chi connectivity index (χ3v) is 11.5. The number of aryl methyl sites for hydroxylation is 1. The molecule has 2 aliphatic rings. The van der Waals surface area contributed by atoms with Crippen molar-refractivity contribution in [1.29, 1.82) is 0 Å². The van der Waals surface area contributed by atoms with Crippen LogP contribution in [0.1, 0.15) is 73.3 Å². The number of fused-ring (bicyclic) bond motifs is 7. The summed E-state index contributed by atoms with van der Waals surface area (Å²) in [7, 11) is 0. The lowest BCUT2D eigenvalue weighted by molar-refractivity contribution is 0.0224. The van der Waals surface area contributed by atoms with E-state index in [1.165, 1.54) is 0 Å². The van der Waals surface area contributed by atoms with Crippen molar-refractivity contribution in [2.75, 3.05) is 54.4 Å². The van der Waals surface area contributed by atoms with Crippen LogP contribution in [-0.4, -0.2) is 69.9 Å². The number of unbranched alkanes of at least 4 members (excludes halogenated alkanes) is 1. The predicted molar refractivity (Wildman–Crippen MR) is 236 cm³/mol. The molecule has 6 aromatic rings. The number of esters is 1. The third-order valence-electron chi connectivity index (χ3n) is 11.2. The number of imidazole rings is 1. The highest BCUT2D eigenvalue weighted by Crippen LogP contribution is 2.57. The van der Waals surface area contributed by atoms with Crippen molar-refractivity contribution in [2.45, 2.75) is 53.1 Å². The summed E-state index contributed by atoms with van der Waals surface area (Å²) in [5.74, 6) is 1.82. The Kier molecular flexibility index (Phi) is 11.0. The Morgan fingerprint density at radius 2 is 1.51 bits per heavy atom. The summed E-state index contributed by atoms with van der Waals surface area (Å²) in [5, 5.41) is 17.3. The van der Waals surface area contributed by atoms with Gasteiger partial charge in [0.05, 0.1) is 24.1 Å². The van der Waals surface area contributed by atoms with E-state index in [9.17, 15) is 9.90 Å². The molecule has 13 heteroatoms. The molecule has 3 N–H and O–H groups in total. The summed E-state index contributed by atoms with van der Waals surface area (Å²) in [6.45, 7) is 14.9. The highest BCUT2D eigenvalue weighted by atomic mass is 32.1. The monoisotopic (exact) mass is 811 g/mol. The van der Waals surface area contributed by atoms with Crippen LogP contribution in [0.15, 0.2) is 91.3 Å². The fourth-order valence-electron chi connectivity index (χ4n) is 8.08. The maximum atomic E-state index is 13.9. The molecule has 59 heavy (non-hydrogen) atoms. The number of carbonyl (C=O) groups excluding carboxylic acids is 1. The molecule has 4 heterocycles. The molecule has 0 saturated heterocycles. The smallest absolute Gasteiger partial charge is 0.340 e. The molecule has 304 valence electrons. The maximum Gasteiger partial charge on any atom is 0.340 e. The average molecular weight is 812 g/mol. The van der Waals surface area contributed by atoms with Crippen molar-refractivity contribution >= 4 is 46.0 Å². The number of hydrogen-bond donors (Lipinski definition) is 3. The van der Waals surface area contributed by atoms with E-state index >= 15 is 0 Å². The van der Waals surface area contributed by atoms with Crippen molar-refractivity contribution in [3.05, 3.63) is 119 Å². The van der Waals surface area contributed by atoms with E-state index in [1.54, 1.807) is 23.7 Å². The molecule has 0 radical (unpaired) electrons. The Bertz CT molecular complexity index is 2470. The number of thiocarbonyl (C=S) groups is 1. The Morgan fingerprint density at radius 3 is 2.15 bits per heavy atom. The summed E-state index contributed by atoms with van der Waals surface area (Å²) in [4.78, 5) is 27.2. The zero-order valence-electron chi connectivity index (χ0n) is 34.0. The third kappa shape index (κ3) is 7.35. The molecule has 0 fully saturated rings. The van der Waals surface area contributed by atoms with Gasteiger partial charge >= 0.3 is 5.97 Å². The molecule has 0 amide bonds. The summed E-state index contributed by atoms with van der Waals surface area (Å²) in [5.41, 5.74) is 7.23. The highest BCUT2D eigenvalue weighted by molar-refractivity contribution is 7.80. The van der Waals surface area contributed by atoms with Gasteiger partial charge in [-0.1, -0.05) is 6.07 Å². The summed E-state index contributed by atoms with van der Waals surface area (Å²) in [6, 6.07) is 25.8. The van der Waals surface area contributed by atoms with Gasteiger partial charge in [-0.05, 0) is 120 Å². The first-order valence-electron chi connectivity index (χ1n) is 20.3. The fraction of sp³-hybridized carbons (Fsp3) is 0.304. The van der Waals surface area contributed by atoms with Gasteiger partial charge in [-0.2, -0.15) is 0 Å². The van der Waals surface area contributed by atoms with Gasteiger partial charge in [0.1, 0.15) is 22.9 Å². The molecule has 0 aliphatic carbocycles. The van der Waals surface area contributed by atoms with Gasteiger partial charge in [-0.15, -0.1) is 0 Å². The molecular formula is C46H49N7O5S. The number of ether oxygens (including phenoxy) is 3. The lowest BCUT2D eigenvalue weighted by atomic mass is 9.77. The topological polar surface area (TPSA) is 126 Å². The zero-order chi connectivity index (χ0) is 41.3. The lowest BCUT2D eigenvalue weighted by Crippen LogP contribution is -2.33. The summed E-state index contributed by atoms with van der Waals surface area (Å²) in [6.07, 6.45) is 5.08. The number of anilines is 3. The second-order valence-electron chi connectivity index (χ2n) is 14.6. The van der Waals surface area contributed by atoms with Crippen LogP contribution >= 0.6 is 12.2 Å².